The van der Waals surface area contributed by atoms with Crippen LogP contribution in [-0.4, -0.2) is 11.7 Å². The van der Waals surface area contributed by atoms with Gasteiger partial charge in [-0.3, -0.25) is 0 Å². The van der Waals surface area contributed by atoms with Crippen LogP contribution in [-0.2, 0) is 0 Å². The Bertz CT molecular complexity index is 924. The van der Waals surface area contributed by atoms with Gasteiger partial charge in [0.05, 0.1) is 10.9 Å². The third-order valence-electron chi connectivity index (χ3n) is 4.64. The number of hydrogen-bond donors (Lipinski definition) is 1. The Balaban J connectivity index is 2.06. The number of unbranched alkanes of at least 4 members (excludes halogenated alkanes) is 1. The first-order valence-corrected chi connectivity index (χ1v) is 10.9. The zero-order valence-corrected chi connectivity index (χ0v) is 17.8. The minimum atomic E-state index is 0.263. The third-order valence-corrected chi connectivity index (χ3v) is 5.73. The van der Waals surface area contributed by atoms with Gasteiger partial charge in [-0.25, -0.2) is 0 Å². The van der Waals surface area contributed by atoms with E-state index in [1.165, 1.54) is 5.57 Å². The first-order chi connectivity index (χ1) is 13.6. The van der Waals surface area contributed by atoms with E-state index < -0.39 is 0 Å². The highest BCUT2D eigenvalue weighted by Crippen LogP contribution is 2.37. The number of ether oxygens (including phenoxy) is 1. The zero-order valence-electron chi connectivity index (χ0n) is 16.2. The number of allylic oxidation sites excluding steroid dienone is 1. The lowest BCUT2D eigenvalue weighted by molar-refractivity contribution is 0.309. The molecule has 3 aromatic rings. The van der Waals surface area contributed by atoms with Gasteiger partial charge in [0.25, 0.3) is 0 Å². The summed E-state index contributed by atoms with van der Waals surface area (Å²) in [6, 6.07) is 17.7. The number of aromatic hydroxyl groups is 1. The number of phenolic OH excluding ortho intramolecular Hbond substituents is 1. The smallest absolute Gasteiger partial charge is 0.119 e. The van der Waals surface area contributed by atoms with Crippen molar-refractivity contribution < 1.29 is 9.84 Å². The molecule has 2 nitrogen and oxygen atoms in total. The summed E-state index contributed by atoms with van der Waals surface area (Å²) in [6.07, 6.45) is 3.05. The van der Waals surface area contributed by atoms with Crippen LogP contribution in [0.4, 0.5) is 0 Å². The van der Waals surface area contributed by atoms with Gasteiger partial charge in [-0.2, -0.15) is 0 Å². The predicted octanol–water partition coefficient (Wildman–Crippen LogP) is 7.66. The van der Waals surface area contributed by atoms with Crippen molar-refractivity contribution in [2.45, 2.75) is 33.1 Å². The molecule has 0 unspecified atom stereocenters. The number of rotatable bonds is 8. The Labute approximate surface area is 176 Å². The summed E-state index contributed by atoms with van der Waals surface area (Å²) < 4.78 is 6.60. The van der Waals surface area contributed by atoms with E-state index in [0.717, 1.165) is 58.2 Å². The highest BCUT2D eigenvalue weighted by Gasteiger charge is 2.14. The van der Waals surface area contributed by atoms with Crippen molar-refractivity contribution in [2.75, 3.05) is 6.61 Å². The van der Waals surface area contributed by atoms with Crippen LogP contribution in [0.2, 0.25) is 4.34 Å². The molecular weight excluding hydrogens is 388 g/mol. The van der Waals surface area contributed by atoms with Gasteiger partial charge in [-0.15, -0.1) is 11.3 Å². The van der Waals surface area contributed by atoms with E-state index in [0.29, 0.717) is 0 Å². The molecule has 0 fully saturated rings. The molecule has 3 rings (SSSR count). The van der Waals surface area contributed by atoms with E-state index in [1.807, 2.05) is 30.3 Å². The fraction of sp³-hybridized carbons (Fsp3) is 0.250. The van der Waals surface area contributed by atoms with Crippen molar-refractivity contribution in [3.8, 4) is 11.5 Å². The van der Waals surface area contributed by atoms with Crippen molar-refractivity contribution in [1.82, 2.24) is 0 Å². The molecule has 146 valence electrons. The highest BCUT2D eigenvalue weighted by atomic mass is 35.5. The number of benzene rings is 2. The summed E-state index contributed by atoms with van der Waals surface area (Å²) in [5.74, 6) is 1.15. The molecule has 0 saturated heterocycles. The van der Waals surface area contributed by atoms with Gasteiger partial charge < -0.3 is 9.84 Å². The maximum atomic E-state index is 9.72. The second-order valence-electron chi connectivity index (χ2n) is 6.62. The summed E-state index contributed by atoms with van der Waals surface area (Å²) in [5, 5.41) is 11.8. The van der Waals surface area contributed by atoms with E-state index in [9.17, 15) is 5.11 Å². The van der Waals surface area contributed by atoms with Crippen molar-refractivity contribution in [2.24, 2.45) is 0 Å². The van der Waals surface area contributed by atoms with Gasteiger partial charge in [-0.05, 0) is 76.4 Å². The average molecular weight is 413 g/mol. The normalized spacial score (nSPS) is 12.0. The molecule has 0 bridgehead atoms. The molecule has 1 aromatic heterocycles. The molecule has 0 aliphatic heterocycles. The van der Waals surface area contributed by atoms with Crippen molar-refractivity contribution >= 4 is 34.1 Å². The van der Waals surface area contributed by atoms with Crippen LogP contribution < -0.4 is 4.74 Å². The molecule has 0 amide bonds. The molecule has 0 aliphatic rings. The van der Waals surface area contributed by atoms with E-state index in [-0.39, 0.29) is 5.75 Å². The number of hydrogen-bond acceptors (Lipinski definition) is 3. The van der Waals surface area contributed by atoms with Gasteiger partial charge in [-0.1, -0.05) is 56.1 Å². The zero-order chi connectivity index (χ0) is 19.9. The monoisotopic (exact) mass is 412 g/mol. The lowest BCUT2D eigenvalue weighted by atomic mass is 9.89. The first-order valence-electron chi connectivity index (χ1n) is 9.62. The molecule has 0 spiro atoms. The van der Waals surface area contributed by atoms with Crippen molar-refractivity contribution in [3.05, 3.63) is 81.0 Å². The largest absolute Gasteiger partial charge is 0.508 e. The fourth-order valence-corrected chi connectivity index (χ4v) is 4.09. The summed E-state index contributed by atoms with van der Waals surface area (Å²) >= 11 is 7.75. The summed E-state index contributed by atoms with van der Waals surface area (Å²) in [5.41, 5.74) is 5.71. The third kappa shape index (κ3) is 4.98. The maximum Gasteiger partial charge on any atom is 0.119 e. The van der Waals surface area contributed by atoms with Crippen LogP contribution >= 0.6 is 22.9 Å². The number of thiophene rings is 1. The molecule has 0 saturated carbocycles. The molecule has 0 atom stereocenters. The van der Waals surface area contributed by atoms with E-state index in [4.69, 9.17) is 16.3 Å². The maximum absolute atomic E-state index is 9.72. The van der Waals surface area contributed by atoms with Crippen LogP contribution in [0.5, 0.6) is 11.5 Å². The van der Waals surface area contributed by atoms with Gasteiger partial charge in [0, 0.05) is 0 Å². The van der Waals surface area contributed by atoms with Crippen LogP contribution in [0, 0.1) is 0 Å². The van der Waals surface area contributed by atoms with E-state index in [1.54, 1.807) is 23.5 Å². The van der Waals surface area contributed by atoms with Crippen LogP contribution in [0.15, 0.2) is 60.0 Å². The predicted molar refractivity (Wildman–Crippen MR) is 120 cm³/mol. The van der Waals surface area contributed by atoms with Gasteiger partial charge >= 0.3 is 0 Å². The van der Waals surface area contributed by atoms with Crippen molar-refractivity contribution in [1.29, 1.82) is 0 Å². The molecule has 0 radical (unpaired) electrons. The van der Waals surface area contributed by atoms with Crippen LogP contribution in [0.1, 0.15) is 49.8 Å². The Morgan fingerprint density at radius 3 is 2.14 bits per heavy atom. The first kappa shape index (κ1) is 20.5. The molecule has 0 aliphatic carbocycles. The standard InChI is InChI=1S/C24H25ClO2S/c1-3-5-14-27-21-12-8-18(9-13-21)24(17-6-10-20(26)11-7-17)22(4-2)19-15-23(25)28-16-19/h6-13,15-16,26H,3-5,14H2,1-2H3/b24-22+. The van der Waals surface area contributed by atoms with E-state index >= 15 is 0 Å². The topological polar surface area (TPSA) is 29.5 Å². The lowest BCUT2D eigenvalue weighted by Gasteiger charge is -2.16. The Morgan fingerprint density at radius 2 is 1.61 bits per heavy atom. The van der Waals surface area contributed by atoms with Gasteiger partial charge in [0.15, 0.2) is 0 Å². The molecule has 4 heteroatoms. The quantitative estimate of drug-likeness (QED) is 0.385. The Kier molecular flexibility index (Phi) is 7.18. The highest BCUT2D eigenvalue weighted by molar-refractivity contribution is 7.14. The second kappa shape index (κ2) is 9.81. The summed E-state index contributed by atoms with van der Waals surface area (Å²) in [6.45, 7) is 5.05. The molecule has 1 N–H and O–H groups in total. The Morgan fingerprint density at radius 1 is 0.964 bits per heavy atom. The van der Waals surface area contributed by atoms with Gasteiger partial charge in [0.1, 0.15) is 11.5 Å². The van der Waals surface area contributed by atoms with E-state index in [2.05, 4.69) is 31.4 Å². The fourth-order valence-electron chi connectivity index (χ4n) is 3.19. The molecule has 28 heavy (non-hydrogen) atoms. The Hall–Kier alpha value is -2.23. The summed E-state index contributed by atoms with van der Waals surface area (Å²) in [7, 11) is 0. The number of phenols is 1. The lowest BCUT2D eigenvalue weighted by Crippen LogP contribution is -1.97. The minimum Gasteiger partial charge on any atom is -0.508 e. The number of halogens is 1. The second-order valence-corrected chi connectivity index (χ2v) is 8.16. The molecule has 2 aromatic carbocycles. The molecular formula is C24H25ClO2S. The van der Waals surface area contributed by atoms with Crippen molar-refractivity contribution in [3.63, 3.8) is 0 Å². The van der Waals surface area contributed by atoms with Crippen LogP contribution in [0.25, 0.3) is 11.1 Å². The SMILES string of the molecule is CCCCOc1ccc(/C(=C(\CC)c2csc(Cl)c2)c2ccc(O)cc2)cc1. The molecule has 1 heterocycles. The minimum absolute atomic E-state index is 0.263. The summed E-state index contributed by atoms with van der Waals surface area (Å²) in [4.78, 5) is 0. The average Bonchev–Trinajstić information content (AvgIpc) is 3.14. The van der Waals surface area contributed by atoms with Gasteiger partial charge in [0.2, 0.25) is 0 Å². The van der Waals surface area contributed by atoms with Crippen LogP contribution in [0.3, 0.4) is 0 Å².